The fourth-order valence-corrected chi connectivity index (χ4v) is 1.19. The van der Waals surface area contributed by atoms with Gasteiger partial charge in [-0.1, -0.05) is 0 Å². The molecule has 0 fully saturated rings. The highest BCUT2D eigenvalue weighted by Gasteiger charge is 2.04. The van der Waals surface area contributed by atoms with Crippen LogP contribution in [0.4, 0.5) is 0 Å². The third-order valence-electron chi connectivity index (χ3n) is 2.03. The van der Waals surface area contributed by atoms with Crippen molar-refractivity contribution in [3.05, 3.63) is 35.4 Å². The smallest absolute Gasteiger partial charge is 0.329 e. The fraction of sp³-hybridized carbons (Fsp3) is 0.250. The molecular weight excluding hydrogens is 236 g/mol. The van der Waals surface area contributed by atoms with Gasteiger partial charge in [0.1, 0.15) is 6.61 Å². The number of carbonyl (C=O) groups excluding carboxylic acids is 1. The van der Waals surface area contributed by atoms with Gasteiger partial charge in [0, 0.05) is 12.1 Å². The Labute approximate surface area is 104 Å². The summed E-state index contributed by atoms with van der Waals surface area (Å²) >= 11 is 0. The maximum absolute atomic E-state index is 11.6. The second-order valence-corrected chi connectivity index (χ2v) is 3.39. The van der Waals surface area contributed by atoms with E-state index in [2.05, 4.69) is 5.32 Å². The SMILES string of the molecule is N#Cc1ccc(C(=O)NCCOCC(=O)O)cc1. The third kappa shape index (κ3) is 4.63. The molecule has 0 unspecified atom stereocenters. The lowest BCUT2D eigenvalue weighted by Crippen LogP contribution is -2.27. The second-order valence-electron chi connectivity index (χ2n) is 3.39. The largest absolute Gasteiger partial charge is 0.480 e. The van der Waals surface area contributed by atoms with Gasteiger partial charge in [-0.3, -0.25) is 4.79 Å². The van der Waals surface area contributed by atoms with Crippen molar-refractivity contribution in [1.29, 1.82) is 5.26 Å². The first kappa shape index (κ1) is 13.7. The number of nitriles is 1. The summed E-state index contributed by atoms with van der Waals surface area (Å²) in [5.41, 5.74) is 0.920. The minimum absolute atomic E-state index is 0.133. The summed E-state index contributed by atoms with van der Waals surface area (Å²) in [4.78, 5) is 21.7. The molecule has 0 spiro atoms. The van der Waals surface area contributed by atoms with E-state index in [1.54, 1.807) is 24.3 Å². The molecule has 18 heavy (non-hydrogen) atoms. The van der Waals surface area contributed by atoms with Crippen molar-refractivity contribution < 1.29 is 19.4 Å². The molecule has 0 radical (unpaired) electrons. The highest BCUT2D eigenvalue weighted by molar-refractivity contribution is 5.94. The number of hydrogen-bond donors (Lipinski definition) is 2. The Hall–Kier alpha value is -2.39. The van der Waals surface area contributed by atoms with E-state index in [1.165, 1.54) is 0 Å². The number of nitrogens with zero attached hydrogens (tertiary/aromatic N) is 1. The minimum Gasteiger partial charge on any atom is -0.480 e. The van der Waals surface area contributed by atoms with E-state index in [1.807, 2.05) is 6.07 Å². The van der Waals surface area contributed by atoms with E-state index in [-0.39, 0.29) is 25.7 Å². The second kappa shape index (κ2) is 7.04. The Balaban J connectivity index is 2.32. The first-order valence-electron chi connectivity index (χ1n) is 5.21. The molecule has 1 rings (SSSR count). The van der Waals surface area contributed by atoms with Gasteiger partial charge in [-0.05, 0) is 24.3 Å². The van der Waals surface area contributed by atoms with Crippen LogP contribution in [0.2, 0.25) is 0 Å². The molecule has 0 aromatic heterocycles. The van der Waals surface area contributed by atoms with Gasteiger partial charge in [-0.2, -0.15) is 5.26 Å². The van der Waals surface area contributed by atoms with Gasteiger partial charge in [-0.25, -0.2) is 4.79 Å². The average molecular weight is 248 g/mol. The van der Waals surface area contributed by atoms with Gasteiger partial charge < -0.3 is 15.2 Å². The van der Waals surface area contributed by atoms with E-state index in [0.717, 1.165) is 0 Å². The predicted molar refractivity (Wildman–Crippen MR) is 61.9 cm³/mol. The van der Waals surface area contributed by atoms with Crippen LogP contribution in [0.25, 0.3) is 0 Å². The summed E-state index contributed by atoms with van der Waals surface area (Å²) < 4.78 is 4.76. The van der Waals surface area contributed by atoms with E-state index in [9.17, 15) is 9.59 Å². The van der Waals surface area contributed by atoms with Crippen molar-refractivity contribution in [1.82, 2.24) is 5.32 Å². The molecule has 2 N–H and O–H groups in total. The van der Waals surface area contributed by atoms with Crippen LogP contribution in [-0.4, -0.2) is 36.7 Å². The molecule has 0 saturated carbocycles. The molecule has 0 heterocycles. The lowest BCUT2D eigenvalue weighted by atomic mass is 10.1. The first-order valence-corrected chi connectivity index (χ1v) is 5.21. The maximum Gasteiger partial charge on any atom is 0.329 e. The van der Waals surface area contributed by atoms with Crippen molar-refractivity contribution in [2.45, 2.75) is 0 Å². The Morgan fingerprint density at radius 2 is 2.00 bits per heavy atom. The number of nitrogens with one attached hydrogen (secondary N) is 1. The van der Waals surface area contributed by atoms with Crippen molar-refractivity contribution in [2.24, 2.45) is 0 Å². The van der Waals surface area contributed by atoms with E-state index >= 15 is 0 Å². The molecule has 6 nitrogen and oxygen atoms in total. The molecule has 0 atom stereocenters. The number of aliphatic carboxylic acids is 1. The Bertz CT molecular complexity index is 462. The zero-order valence-electron chi connectivity index (χ0n) is 9.55. The zero-order valence-corrected chi connectivity index (χ0v) is 9.55. The van der Waals surface area contributed by atoms with Gasteiger partial charge in [0.15, 0.2) is 0 Å². The Morgan fingerprint density at radius 3 is 2.56 bits per heavy atom. The fourth-order valence-electron chi connectivity index (χ4n) is 1.19. The summed E-state index contributed by atoms with van der Waals surface area (Å²) in [6, 6.07) is 8.15. The molecule has 0 aliphatic heterocycles. The lowest BCUT2D eigenvalue weighted by Gasteiger charge is -2.05. The predicted octanol–water partition coefficient (Wildman–Crippen LogP) is 0.389. The van der Waals surface area contributed by atoms with Crippen LogP contribution >= 0.6 is 0 Å². The quantitative estimate of drug-likeness (QED) is 0.709. The average Bonchev–Trinajstić information content (AvgIpc) is 2.38. The number of carbonyl (C=O) groups is 2. The van der Waals surface area contributed by atoms with Gasteiger partial charge in [0.25, 0.3) is 5.91 Å². The van der Waals surface area contributed by atoms with Crippen LogP contribution in [0.15, 0.2) is 24.3 Å². The van der Waals surface area contributed by atoms with E-state index in [0.29, 0.717) is 11.1 Å². The number of rotatable bonds is 6. The van der Waals surface area contributed by atoms with Gasteiger partial charge in [0.05, 0.1) is 18.2 Å². The minimum atomic E-state index is -1.05. The third-order valence-corrected chi connectivity index (χ3v) is 2.03. The number of carboxylic acids is 1. The van der Waals surface area contributed by atoms with Crippen molar-refractivity contribution in [3.8, 4) is 6.07 Å². The molecule has 0 saturated heterocycles. The number of amides is 1. The topological polar surface area (TPSA) is 99.4 Å². The van der Waals surface area contributed by atoms with Crippen molar-refractivity contribution in [3.63, 3.8) is 0 Å². The number of benzene rings is 1. The van der Waals surface area contributed by atoms with Crippen LogP contribution in [0.3, 0.4) is 0 Å². The Morgan fingerprint density at radius 1 is 1.33 bits per heavy atom. The highest BCUT2D eigenvalue weighted by atomic mass is 16.5. The van der Waals surface area contributed by atoms with Crippen LogP contribution in [-0.2, 0) is 9.53 Å². The molecular formula is C12H12N2O4. The van der Waals surface area contributed by atoms with Gasteiger partial charge in [-0.15, -0.1) is 0 Å². The first-order chi connectivity index (χ1) is 8.63. The molecule has 0 bridgehead atoms. The summed E-state index contributed by atoms with van der Waals surface area (Å²) in [6.45, 7) is -0.0207. The van der Waals surface area contributed by atoms with Gasteiger partial charge >= 0.3 is 5.97 Å². The zero-order chi connectivity index (χ0) is 13.4. The maximum atomic E-state index is 11.6. The Kier molecular flexibility index (Phi) is 5.35. The molecule has 1 aromatic rings. The summed E-state index contributed by atoms with van der Waals surface area (Å²) in [5.74, 6) is -1.34. The molecule has 0 aliphatic carbocycles. The lowest BCUT2D eigenvalue weighted by molar-refractivity contribution is -0.142. The highest BCUT2D eigenvalue weighted by Crippen LogP contribution is 2.02. The standard InChI is InChI=1S/C12H12N2O4/c13-7-9-1-3-10(4-2-9)12(17)14-5-6-18-8-11(15)16/h1-4H,5-6,8H2,(H,14,17)(H,15,16). The molecule has 1 aromatic carbocycles. The number of hydrogen-bond acceptors (Lipinski definition) is 4. The van der Waals surface area contributed by atoms with Crippen LogP contribution in [0, 0.1) is 11.3 Å². The molecule has 0 aliphatic rings. The molecule has 94 valence electrons. The van der Waals surface area contributed by atoms with Crippen LogP contribution in [0.5, 0.6) is 0 Å². The van der Waals surface area contributed by atoms with E-state index < -0.39 is 5.97 Å². The number of ether oxygens (including phenoxy) is 1. The molecule has 1 amide bonds. The summed E-state index contributed by atoms with van der Waals surface area (Å²) in [5, 5.41) is 19.5. The van der Waals surface area contributed by atoms with Gasteiger partial charge in [0.2, 0.25) is 0 Å². The van der Waals surface area contributed by atoms with E-state index in [4.69, 9.17) is 15.1 Å². The summed E-state index contributed by atoms with van der Waals surface area (Å²) in [7, 11) is 0. The van der Waals surface area contributed by atoms with Crippen molar-refractivity contribution >= 4 is 11.9 Å². The van der Waals surface area contributed by atoms with Crippen LogP contribution in [0.1, 0.15) is 15.9 Å². The molecule has 6 heteroatoms. The van der Waals surface area contributed by atoms with Crippen molar-refractivity contribution in [2.75, 3.05) is 19.8 Å². The summed E-state index contributed by atoms with van der Waals surface area (Å²) in [6.07, 6.45) is 0. The monoisotopic (exact) mass is 248 g/mol. The van der Waals surface area contributed by atoms with Crippen LogP contribution < -0.4 is 5.32 Å². The normalized spacial score (nSPS) is 9.50. The number of carboxylic acid groups (broad SMARTS) is 1.